The van der Waals surface area contributed by atoms with E-state index in [1.54, 1.807) is 28.7 Å². The summed E-state index contributed by atoms with van der Waals surface area (Å²) in [6.45, 7) is 4.12. The molecule has 25 heavy (non-hydrogen) atoms. The second-order valence-corrected chi connectivity index (χ2v) is 6.51. The molecule has 0 fully saturated rings. The van der Waals surface area contributed by atoms with Crippen LogP contribution in [0, 0.1) is 6.92 Å². The van der Waals surface area contributed by atoms with Crippen LogP contribution in [0.5, 0.6) is 0 Å². The molecule has 2 aromatic heterocycles. The van der Waals surface area contributed by atoms with Crippen molar-refractivity contribution in [3.05, 3.63) is 64.0 Å². The summed E-state index contributed by atoms with van der Waals surface area (Å²) >= 11 is 12.4. The number of nitrogens with one attached hydrogen (secondary N) is 1. The van der Waals surface area contributed by atoms with Crippen LogP contribution in [0.2, 0.25) is 10.0 Å². The number of carbonyl (C=O) groups is 1. The Bertz CT molecular complexity index is 902. The number of anilines is 1. The SMILES string of the molecule is Cc1ccnn1C(C)C(=O)Nc1nn(Cc2ccccc2Cl)cc1Cl. The van der Waals surface area contributed by atoms with Gasteiger partial charge in [0.1, 0.15) is 11.1 Å². The zero-order chi connectivity index (χ0) is 18.0. The fourth-order valence-electron chi connectivity index (χ4n) is 2.48. The minimum absolute atomic E-state index is 0.239. The molecule has 1 amide bonds. The molecular formula is C17H17Cl2N5O. The van der Waals surface area contributed by atoms with Crippen molar-refractivity contribution in [1.82, 2.24) is 19.6 Å². The molecule has 0 saturated carbocycles. The maximum Gasteiger partial charge on any atom is 0.250 e. The number of hydrogen-bond donors (Lipinski definition) is 1. The number of benzene rings is 1. The van der Waals surface area contributed by atoms with Crippen LogP contribution < -0.4 is 5.32 Å². The van der Waals surface area contributed by atoms with E-state index in [1.807, 2.05) is 37.3 Å². The monoisotopic (exact) mass is 377 g/mol. The Morgan fingerprint density at radius 2 is 2.00 bits per heavy atom. The van der Waals surface area contributed by atoms with E-state index in [0.717, 1.165) is 11.3 Å². The molecule has 0 spiro atoms. The average Bonchev–Trinajstić information content (AvgIpc) is 3.15. The molecule has 8 heteroatoms. The minimum atomic E-state index is -0.472. The lowest BCUT2D eigenvalue weighted by Crippen LogP contribution is -2.25. The molecule has 0 saturated heterocycles. The lowest BCUT2D eigenvalue weighted by Gasteiger charge is -2.13. The standard InChI is InChI=1S/C17H17Cl2N5O/c1-11-7-8-20-24(11)12(2)17(25)21-16-15(19)10-23(22-16)9-13-5-3-4-6-14(13)18/h3-8,10,12H,9H2,1-2H3,(H,21,22,25). The van der Waals surface area contributed by atoms with Crippen LogP contribution in [0.25, 0.3) is 0 Å². The first-order valence-electron chi connectivity index (χ1n) is 7.73. The fourth-order valence-corrected chi connectivity index (χ4v) is 2.88. The first-order valence-corrected chi connectivity index (χ1v) is 8.48. The normalized spacial score (nSPS) is 12.2. The van der Waals surface area contributed by atoms with Gasteiger partial charge in [-0.3, -0.25) is 14.2 Å². The largest absolute Gasteiger partial charge is 0.306 e. The molecule has 2 heterocycles. The van der Waals surface area contributed by atoms with Crippen LogP contribution in [-0.4, -0.2) is 25.5 Å². The highest BCUT2D eigenvalue weighted by Gasteiger charge is 2.19. The van der Waals surface area contributed by atoms with E-state index in [9.17, 15) is 4.79 Å². The number of rotatable bonds is 5. The maximum atomic E-state index is 12.4. The van der Waals surface area contributed by atoms with Crippen LogP contribution in [0.15, 0.2) is 42.7 Å². The summed E-state index contributed by atoms with van der Waals surface area (Å²) in [6.07, 6.45) is 3.31. The number of carbonyl (C=O) groups excluding carboxylic acids is 1. The van der Waals surface area contributed by atoms with Gasteiger partial charge < -0.3 is 5.32 Å². The summed E-state index contributed by atoms with van der Waals surface area (Å²) in [5.74, 6) is 0.0760. The van der Waals surface area contributed by atoms with Crippen molar-refractivity contribution < 1.29 is 4.79 Å². The van der Waals surface area contributed by atoms with Gasteiger partial charge in [0.25, 0.3) is 0 Å². The number of aryl methyl sites for hydroxylation is 1. The number of hydrogen-bond acceptors (Lipinski definition) is 3. The van der Waals surface area contributed by atoms with Crippen molar-refractivity contribution in [2.75, 3.05) is 5.32 Å². The van der Waals surface area contributed by atoms with E-state index in [2.05, 4.69) is 15.5 Å². The van der Waals surface area contributed by atoms with Crippen molar-refractivity contribution in [2.24, 2.45) is 0 Å². The van der Waals surface area contributed by atoms with Crippen LogP contribution >= 0.6 is 23.2 Å². The van der Waals surface area contributed by atoms with Crippen LogP contribution in [0.3, 0.4) is 0 Å². The van der Waals surface area contributed by atoms with Gasteiger partial charge in [-0.15, -0.1) is 0 Å². The molecule has 0 aliphatic rings. The molecule has 1 aromatic carbocycles. The Labute approximate surface area is 155 Å². The summed E-state index contributed by atoms with van der Waals surface area (Å²) in [7, 11) is 0. The summed E-state index contributed by atoms with van der Waals surface area (Å²) in [5.41, 5.74) is 1.82. The van der Waals surface area contributed by atoms with Crippen molar-refractivity contribution >= 4 is 34.9 Å². The quantitative estimate of drug-likeness (QED) is 0.731. The Hall–Kier alpha value is -2.31. The van der Waals surface area contributed by atoms with E-state index in [1.165, 1.54) is 0 Å². The predicted molar refractivity (Wildman–Crippen MR) is 98.1 cm³/mol. The Kier molecular flexibility index (Phi) is 5.11. The molecule has 0 aliphatic heterocycles. The molecule has 1 atom stereocenters. The topological polar surface area (TPSA) is 64.7 Å². The smallest absolute Gasteiger partial charge is 0.250 e. The van der Waals surface area contributed by atoms with Gasteiger partial charge in [-0.25, -0.2) is 0 Å². The van der Waals surface area contributed by atoms with Gasteiger partial charge in [-0.1, -0.05) is 41.4 Å². The molecule has 130 valence electrons. The third-order valence-electron chi connectivity index (χ3n) is 3.86. The molecule has 3 rings (SSSR count). The summed E-state index contributed by atoms with van der Waals surface area (Å²) in [4.78, 5) is 12.4. The van der Waals surface area contributed by atoms with Crippen molar-refractivity contribution in [1.29, 1.82) is 0 Å². The first-order chi connectivity index (χ1) is 12.0. The molecule has 6 nitrogen and oxygen atoms in total. The van der Waals surface area contributed by atoms with Crippen molar-refractivity contribution in [3.63, 3.8) is 0 Å². The number of amides is 1. The summed E-state index contributed by atoms with van der Waals surface area (Å²) in [6, 6.07) is 8.88. The highest BCUT2D eigenvalue weighted by atomic mass is 35.5. The molecule has 0 bridgehead atoms. The van der Waals surface area contributed by atoms with Crippen LogP contribution in [-0.2, 0) is 11.3 Å². The van der Waals surface area contributed by atoms with E-state index < -0.39 is 6.04 Å². The van der Waals surface area contributed by atoms with Gasteiger partial charge in [0.05, 0.1) is 6.54 Å². The van der Waals surface area contributed by atoms with Gasteiger partial charge in [0, 0.05) is 23.1 Å². The molecule has 3 aromatic rings. The van der Waals surface area contributed by atoms with Crippen molar-refractivity contribution in [3.8, 4) is 0 Å². The molecule has 1 unspecified atom stereocenters. The van der Waals surface area contributed by atoms with Gasteiger partial charge in [-0.2, -0.15) is 10.2 Å². The zero-order valence-electron chi connectivity index (χ0n) is 13.8. The van der Waals surface area contributed by atoms with E-state index in [4.69, 9.17) is 23.2 Å². The lowest BCUT2D eigenvalue weighted by atomic mass is 10.2. The lowest BCUT2D eigenvalue weighted by molar-refractivity contribution is -0.119. The zero-order valence-corrected chi connectivity index (χ0v) is 15.3. The molecule has 0 radical (unpaired) electrons. The second kappa shape index (κ2) is 7.29. The Morgan fingerprint density at radius 3 is 2.68 bits per heavy atom. The highest BCUT2D eigenvalue weighted by molar-refractivity contribution is 6.33. The Balaban J connectivity index is 1.73. The summed E-state index contributed by atoms with van der Waals surface area (Å²) in [5, 5.41) is 12.3. The molecule has 0 aliphatic carbocycles. The highest BCUT2D eigenvalue weighted by Crippen LogP contribution is 2.23. The second-order valence-electron chi connectivity index (χ2n) is 5.70. The van der Waals surface area contributed by atoms with E-state index in [0.29, 0.717) is 22.4 Å². The third kappa shape index (κ3) is 3.86. The van der Waals surface area contributed by atoms with Gasteiger partial charge in [0.15, 0.2) is 5.82 Å². The average molecular weight is 378 g/mol. The number of aromatic nitrogens is 4. The summed E-state index contributed by atoms with van der Waals surface area (Å²) < 4.78 is 3.28. The van der Waals surface area contributed by atoms with Crippen LogP contribution in [0.4, 0.5) is 5.82 Å². The van der Waals surface area contributed by atoms with E-state index >= 15 is 0 Å². The predicted octanol–water partition coefficient (Wildman–Crippen LogP) is 3.94. The van der Waals surface area contributed by atoms with E-state index in [-0.39, 0.29) is 5.91 Å². The first kappa shape index (κ1) is 17.5. The van der Waals surface area contributed by atoms with Gasteiger partial charge in [0.2, 0.25) is 5.91 Å². The van der Waals surface area contributed by atoms with Gasteiger partial charge >= 0.3 is 0 Å². The number of halogens is 2. The van der Waals surface area contributed by atoms with Crippen molar-refractivity contribution in [2.45, 2.75) is 26.4 Å². The number of nitrogens with zero attached hydrogens (tertiary/aromatic N) is 4. The van der Waals surface area contributed by atoms with Gasteiger partial charge in [-0.05, 0) is 31.5 Å². The van der Waals surface area contributed by atoms with Crippen LogP contribution in [0.1, 0.15) is 24.2 Å². The third-order valence-corrected chi connectivity index (χ3v) is 4.51. The minimum Gasteiger partial charge on any atom is -0.306 e. The maximum absolute atomic E-state index is 12.4. The molecular weight excluding hydrogens is 361 g/mol. The fraction of sp³-hybridized carbons (Fsp3) is 0.235. The molecule has 1 N–H and O–H groups in total. The Morgan fingerprint density at radius 1 is 1.24 bits per heavy atom.